The molecule has 6 heteroatoms. The van der Waals surface area contributed by atoms with Gasteiger partial charge in [0.25, 0.3) is 5.91 Å². The van der Waals surface area contributed by atoms with Crippen LogP contribution in [0.5, 0.6) is 0 Å². The van der Waals surface area contributed by atoms with E-state index < -0.39 is 0 Å². The van der Waals surface area contributed by atoms with Gasteiger partial charge in [0.2, 0.25) is 0 Å². The summed E-state index contributed by atoms with van der Waals surface area (Å²) in [6, 6.07) is 10.6. The third-order valence-electron chi connectivity index (χ3n) is 2.85. The number of carbonyl (C=O) groups is 1. The molecule has 4 nitrogen and oxygen atoms in total. The molecule has 1 amide bonds. The molecule has 0 aliphatic rings. The summed E-state index contributed by atoms with van der Waals surface area (Å²) >= 11 is 9.35. The van der Waals surface area contributed by atoms with Crippen molar-refractivity contribution < 1.29 is 4.79 Å². The number of nitrogens with two attached hydrogens (primary N) is 1. The predicted molar refractivity (Wildman–Crippen MR) is 91.3 cm³/mol. The molecular formula is C15H15BrClN3O. The van der Waals surface area contributed by atoms with Crippen molar-refractivity contribution in [2.45, 2.75) is 6.92 Å². The van der Waals surface area contributed by atoms with Gasteiger partial charge in [0, 0.05) is 21.6 Å². The number of halogens is 2. The lowest BCUT2D eigenvalue weighted by molar-refractivity contribution is 0.0956. The van der Waals surface area contributed by atoms with Gasteiger partial charge in [-0.25, -0.2) is 0 Å². The van der Waals surface area contributed by atoms with Crippen LogP contribution in [0.3, 0.4) is 0 Å². The summed E-state index contributed by atoms with van der Waals surface area (Å²) in [5, 5.41) is 6.59. The second kappa shape index (κ2) is 6.83. The Labute approximate surface area is 136 Å². The SMILES string of the molecule is CCNC(=O)c1ccc(Nc2ccc(Cl)cc2Br)c(N)c1. The summed E-state index contributed by atoms with van der Waals surface area (Å²) in [5.41, 5.74) is 8.61. The molecule has 0 saturated carbocycles. The van der Waals surface area contributed by atoms with Crippen LogP contribution in [0.2, 0.25) is 5.02 Å². The number of rotatable bonds is 4. The molecule has 0 aliphatic carbocycles. The topological polar surface area (TPSA) is 67.2 Å². The minimum absolute atomic E-state index is 0.136. The fourth-order valence-electron chi connectivity index (χ4n) is 1.82. The van der Waals surface area contributed by atoms with Gasteiger partial charge in [0.05, 0.1) is 17.1 Å². The van der Waals surface area contributed by atoms with Gasteiger partial charge in [0.1, 0.15) is 0 Å². The van der Waals surface area contributed by atoms with E-state index in [1.165, 1.54) is 0 Å². The fraction of sp³-hybridized carbons (Fsp3) is 0.133. The normalized spacial score (nSPS) is 10.2. The minimum atomic E-state index is -0.136. The van der Waals surface area contributed by atoms with Crippen molar-refractivity contribution in [2.24, 2.45) is 0 Å². The van der Waals surface area contributed by atoms with Crippen LogP contribution in [0.15, 0.2) is 40.9 Å². The first-order chi connectivity index (χ1) is 10.0. The maximum atomic E-state index is 11.7. The highest BCUT2D eigenvalue weighted by Gasteiger charge is 2.08. The lowest BCUT2D eigenvalue weighted by Gasteiger charge is -2.12. The Morgan fingerprint density at radius 2 is 1.95 bits per heavy atom. The smallest absolute Gasteiger partial charge is 0.251 e. The van der Waals surface area contributed by atoms with Crippen molar-refractivity contribution in [3.63, 3.8) is 0 Å². The van der Waals surface area contributed by atoms with Crippen LogP contribution in [0.4, 0.5) is 17.1 Å². The molecule has 2 rings (SSSR count). The Hall–Kier alpha value is -1.72. The first-order valence-corrected chi connectivity index (χ1v) is 7.58. The van der Waals surface area contributed by atoms with E-state index in [4.69, 9.17) is 17.3 Å². The van der Waals surface area contributed by atoms with Crippen LogP contribution in [0.1, 0.15) is 17.3 Å². The monoisotopic (exact) mass is 367 g/mol. The number of hydrogen-bond donors (Lipinski definition) is 3. The molecule has 0 saturated heterocycles. The van der Waals surface area contributed by atoms with Crippen LogP contribution < -0.4 is 16.4 Å². The van der Waals surface area contributed by atoms with Gasteiger partial charge in [-0.05, 0) is 59.3 Å². The van der Waals surface area contributed by atoms with E-state index >= 15 is 0 Å². The number of benzene rings is 2. The molecule has 2 aromatic rings. The zero-order chi connectivity index (χ0) is 15.4. The average Bonchev–Trinajstić information content (AvgIpc) is 2.44. The van der Waals surface area contributed by atoms with Crippen molar-refractivity contribution >= 4 is 50.5 Å². The number of nitrogens with one attached hydrogen (secondary N) is 2. The summed E-state index contributed by atoms with van der Waals surface area (Å²) in [6.07, 6.45) is 0. The molecule has 0 heterocycles. The number of anilines is 3. The summed E-state index contributed by atoms with van der Waals surface area (Å²) in [6.45, 7) is 2.45. The fourth-order valence-corrected chi connectivity index (χ4v) is 2.60. The zero-order valence-electron chi connectivity index (χ0n) is 11.4. The van der Waals surface area contributed by atoms with Crippen molar-refractivity contribution in [3.05, 3.63) is 51.5 Å². The molecule has 0 aliphatic heterocycles. The van der Waals surface area contributed by atoms with E-state index in [1.54, 1.807) is 30.3 Å². The van der Waals surface area contributed by atoms with Crippen molar-refractivity contribution in [1.29, 1.82) is 0 Å². The maximum Gasteiger partial charge on any atom is 0.251 e. The van der Waals surface area contributed by atoms with E-state index in [1.807, 2.05) is 13.0 Å². The van der Waals surface area contributed by atoms with E-state index in [-0.39, 0.29) is 5.91 Å². The average molecular weight is 369 g/mol. The van der Waals surface area contributed by atoms with Gasteiger partial charge < -0.3 is 16.4 Å². The zero-order valence-corrected chi connectivity index (χ0v) is 13.8. The summed E-state index contributed by atoms with van der Waals surface area (Å²) in [4.78, 5) is 11.7. The largest absolute Gasteiger partial charge is 0.397 e. The highest BCUT2D eigenvalue weighted by Crippen LogP contribution is 2.31. The van der Waals surface area contributed by atoms with E-state index in [0.29, 0.717) is 22.8 Å². The third kappa shape index (κ3) is 3.89. The van der Waals surface area contributed by atoms with Gasteiger partial charge >= 0.3 is 0 Å². The van der Waals surface area contributed by atoms with Gasteiger partial charge in [-0.15, -0.1) is 0 Å². The minimum Gasteiger partial charge on any atom is -0.397 e. The van der Waals surface area contributed by atoms with E-state index in [9.17, 15) is 4.79 Å². The van der Waals surface area contributed by atoms with Gasteiger partial charge in [-0.2, -0.15) is 0 Å². The molecule has 4 N–H and O–H groups in total. The highest BCUT2D eigenvalue weighted by molar-refractivity contribution is 9.10. The Kier molecular flexibility index (Phi) is 5.09. The molecule has 0 atom stereocenters. The predicted octanol–water partition coefficient (Wildman–Crippen LogP) is 4.18. The van der Waals surface area contributed by atoms with Crippen LogP contribution in [0, 0.1) is 0 Å². The summed E-state index contributed by atoms with van der Waals surface area (Å²) < 4.78 is 0.835. The van der Waals surface area contributed by atoms with Crippen molar-refractivity contribution in [3.8, 4) is 0 Å². The summed E-state index contributed by atoms with van der Waals surface area (Å²) in [5.74, 6) is -0.136. The lowest BCUT2D eigenvalue weighted by atomic mass is 10.1. The third-order valence-corrected chi connectivity index (χ3v) is 3.74. The molecule has 0 aromatic heterocycles. The summed E-state index contributed by atoms with van der Waals surface area (Å²) in [7, 11) is 0. The Morgan fingerprint density at radius 1 is 1.24 bits per heavy atom. The molecule has 0 unspecified atom stereocenters. The molecule has 21 heavy (non-hydrogen) atoms. The van der Waals surface area contributed by atoms with Crippen molar-refractivity contribution in [1.82, 2.24) is 5.32 Å². The molecule has 0 fully saturated rings. The first kappa shape index (κ1) is 15.7. The van der Waals surface area contributed by atoms with Crippen molar-refractivity contribution in [2.75, 3.05) is 17.6 Å². The molecule has 0 spiro atoms. The first-order valence-electron chi connectivity index (χ1n) is 6.41. The second-order valence-electron chi connectivity index (χ2n) is 4.41. The van der Waals surface area contributed by atoms with Gasteiger partial charge in [-0.3, -0.25) is 4.79 Å². The van der Waals surface area contributed by atoms with E-state index in [2.05, 4.69) is 26.6 Å². The van der Waals surface area contributed by atoms with E-state index in [0.717, 1.165) is 15.8 Å². The van der Waals surface area contributed by atoms with Crippen LogP contribution in [-0.2, 0) is 0 Å². The Bertz CT molecular complexity index is 676. The second-order valence-corrected chi connectivity index (χ2v) is 5.70. The van der Waals surface area contributed by atoms with Crippen LogP contribution in [-0.4, -0.2) is 12.5 Å². The maximum absolute atomic E-state index is 11.7. The number of nitrogen functional groups attached to an aromatic ring is 1. The Balaban J connectivity index is 2.23. The molecule has 2 aromatic carbocycles. The van der Waals surface area contributed by atoms with Crippen LogP contribution >= 0.6 is 27.5 Å². The van der Waals surface area contributed by atoms with Crippen LogP contribution in [0.25, 0.3) is 0 Å². The molecule has 0 radical (unpaired) electrons. The quantitative estimate of drug-likeness (QED) is 0.709. The van der Waals surface area contributed by atoms with Gasteiger partial charge in [0.15, 0.2) is 0 Å². The highest BCUT2D eigenvalue weighted by atomic mass is 79.9. The number of amides is 1. The number of hydrogen-bond acceptors (Lipinski definition) is 3. The molecule has 110 valence electrons. The number of carbonyl (C=O) groups excluding carboxylic acids is 1. The molecule has 0 bridgehead atoms. The standard InChI is InChI=1S/C15H15BrClN3O/c1-2-19-15(21)9-3-5-14(12(18)7-9)20-13-6-4-10(17)8-11(13)16/h3-8,20H,2,18H2,1H3,(H,19,21). The lowest BCUT2D eigenvalue weighted by Crippen LogP contribution is -2.22. The molecular weight excluding hydrogens is 354 g/mol. The van der Waals surface area contributed by atoms with Gasteiger partial charge in [-0.1, -0.05) is 11.6 Å². The Morgan fingerprint density at radius 3 is 2.57 bits per heavy atom.